The molecule has 1 aromatic carbocycles. The highest BCUT2D eigenvalue weighted by Gasteiger charge is 2.22. The van der Waals surface area contributed by atoms with Crippen molar-refractivity contribution in [3.05, 3.63) is 35.4 Å². The third kappa shape index (κ3) is 8.89. The van der Waals surface area contributed by atoms with Crippen LogP contribution in [0.25, 0.3) is 0 Å². The Hall–Kier alpha value is -1.84. The molecule has 1 atom stereocenters. The van der Waals surface area contributed by atoms with Crippen LogP contribution in [0.4, 0.5) is 0 Å². The van der Waals surface area contributed by atoms with E-state index in [-0.39, 0.29) is 42.3 Å². The molecule has 7 nitrogen and oxygen atoms in total. The molecule has 0 aliphatic carbocycles. The molecule has 2 rings (SSSR count). The lowest BCUT2D eigenvalue weighted by molar-refractivity contribution is -0.123. The van der Waals surface area contributed by atoms with Crippen molar-refractivity contribution in [2.24, 2.45) is 10.9 Å². The molecule has 1 fully saturated rings. The second kappa shape index (κ2) is 13.5. The Kier molecular flexibility index (Phi) is 11.8. The summed E-state index contributed by atoms with van der Waals surface area (Å²) in [5, 5.41) is 9.48. The monoisotopic (exact) mass is 529 g/mol. The minimum Gasteiger partial charge on any atom is -0.354 e. The number of nitrogens with zero attached hydrogens (tertiary/aromatic N) is 2. The molecule has 1 heterocycles. The normalized spacial score (nSPS) is 15.3. The molecular formula is C22H36IN5O2. The maximum absolute atomic E-state index is 12.5. The van der Waals surface area contributed by atoms with Gasteiger partial charge in [-0.25, -0.2) is 0 Å². The van der Waals surface area contributed by atoms with E-state index in [4.69, 9.17) is 0 Å². The van der Waals surface area contributed by atoms with Gasteiger partial charge in [0.25, 0.3) is 5.91 Å². The molecule has 3 N–H and O–H groups in total. The topological polar surface area (TPSA) is 85.8 Å². The lowest BCUT2D eigenvalue weighted by Crippen LogP contribution is -2.49. The van der Waals surface area contributed by atoms with Crippen molar-refractivity contribution in [2.45, 2.75) is 52.6 Å². The molecule has 2 amide bonds. The summed E-state index contributed by atoms with van der Waals surface area (Å²) < 4.78 is 0. The number of amides is 2. The van der Waals surface area contributed by atoms with E-state index in [9.17, 15) is 9.59 Å². The van der Waals surface area contributed by atoms with Crippen molar-refractivity contribution in [1.82, 2.24) is 20.9 Å². The van der Waals surface area contributed by atoms with E-state index in [0.29, 0.717) is 31.2 Å². The zero-order valence-electron chi connectivity index (χ0n) is 18.5. The van der Waals surface area contributed by atoms with Crippen molar-refractivity contribution in [1.29, 1.82) is 0 Å². The van der Waals surface area contributed by atoms with Gasteiger partial charge in [0.05, 0.1) is 6.54 Å². The highest BCUT2D eigenvalue weighted by Crippen LogP contribution is 2.10. The van der Waals surface area contributed by atoms with Gasteiger partial charge >= 0.3 is 0 Å². The number of rotatable bonds is 8. The quantitative estimate of drug-likeness (QED) is 0.275. The molecule has 8 heteroatoms. The standard InChI is InChI=1S/C22H35N5O2.HI/c1-16(2)6-5-7-17(3)26-22(23-4)25-14-18-8-10-19(11-9-18)21(29)27-13-12-24-20(28)15-27;/h8-11,16-17H,5-7,12-15H2,1-4H3,(H,24,28)(H2,23,25,26);1H. The smallest absolute Gasteiger partial charge is 0.254 e. The molecular weight excluding hydrogens is 493 g/mol. The zero-order valence-corrected chi connectivity index (χ0v) is 20.9. The van der Waals surface area contributed by atoms with Gasteiger partial charge in [0.2, 0.25) is 5.91 Å². The van der Waals surface area contributed by atoms with Crippen LogP contribution in [-0.2, 0) is 11.3 Å². The van der Waals surface area contributed by atoms with Gasteiger partial charge in [-0.2, -0.15) is 0 Å². The van der Waals surface area contributed by atoms with Gasteiger partial charge in [-0.15, -0.1) is 24.0 Å². The fourth-order valence-electron chi connectivity index (χ4n) is 3.28. The molecule has 0 bridgehead atoms. The number of nitrogens with one attached hydrogen (secondary N) is 3. The van der Waals surface area contributed by atoms with Crippen LogP contribution in [-0.4, -0.2) is 55.4 Å². The predicted molar refractivity (Wildman–Crippen MR) is 132 cm³/mol. The molecule has 1 aromatic rings. The summed E-state index contributed by atoms with van der Waals surface area (Å²) in [7, 11) is 1.77. The van der Waals surface area contributed by atoms with Gasteiger partial charge in [0, 0.05) is 38.3 Å². The van der Waals surface area contributed by atoms with Crippen molar-refractivity contribution in [2.75, 3.05) is 26.7 Å². The molecule has 0 saturated carbocycles. The van der Waals surface area contributed by atoms with E-state index in [1.54, 1.807) is 11.9 Å². The summed E-state index contributed by atoms with van der Waals surface area (Å²) in [6.45, 7) is 8.48. The minimum absolute atomic E-state index is 0. The van der Waals surface area contributed by atoms with Crippen molar-refractivity contribution < 1.29 is 9.59 Å². The van der Waals surface area contributed by atoms with Crippen LogP contribution >= 0.6 is 24.0 Å². The first-order chi connectivity index (χ1) is 13.9. The van der Waals surface area contributed by atoms with Crippen LogP contribution in [0, 0.1) is 5.92 Å². The summed E-state index contributed by atoms with van der Waals surface area (Å²) in [6.07, 6.45) is 3.56. The molecule has 1 aliphatic heterocycles. The number of hydrogen-bond donors (Lipinski definition) is 3. The number of carbonyl (C=O) groups is 2. The third-order valence-electron chi connectivity index (χ3n) is 5.01. The Morgan fingerprint density at radius 3 is 2.50 bits per heavy atom. The van der Waals surface area contributed by atoms with Gasteiger partial charge in [-0.05, 0) is 37.0 Å². The summed E-state index contributed by atoms with van der Waals surface area (Å²) in [4.78, 5) is 29.9. The largest absolute Gasteiger partial charge is 0.354 e. The van der Waals surface area contributed by atoms with E-state index in [2.05, 4.69) is 41.7 Å². The zero-order chi connectivity index (χ0) is 21.2. The molecule has 0 aromatic heterocycles. The highest BCUT2D eigenvalue weighted by molar-refractivity contribution is 14.0. The van der Waals surface area contributed by atoms with Crippen molar-refractivity contribution in [3.8, 4) is 0 Å². The number of carbonyl (C=O) groups excluding carboxylic acids is 2. The molecule has 168 valence electrons. The number of hydrogen-bond acceptors (Lipinski definition) is 3. The molecule has 1 unspecified atom stereocenters. The van der Waals surface area contributed by atoms with E-state index in [1.165, 1.54) is 12.8 Å². The van der Waals surface area contributed by atoms with Gasteiger partial charge in [0.15, 0.2) is 5.96 Å². The first kappa shape index (κ1) is 26.2. The number of benzene rings is 1. The number of guanidine groups is 1. The average molecular weight is 529 g/mol. The Morgan fingerprint density at radius 2 is 1.90 bits per heavy atom. The van der Waals surface area contributed by atoms with Crippen LogP contribution in [0.2, 0.25) is 0 Å². The fourth-order valence-corrected chi connectivity index (χ4v) is 3.28. The molecule has 0 spiro atoms. The number of piperazine rings is 1. The van der Waals surface area contributed by atoms with Crippen LogP contribution < -0.4 is 16.0 Å². The Bertz CT molecular complexity index is 706. The average Bonchev–Trinajstić information content (AvgIpc) is 2.70. The lowest BCUT2D eigenvalue weighted by Gasteiger charge is -2.26. The Labute approximate surface area is 197 Å². The fraction of sp³-hybridized carbons (Fsp3) is 0.591. The first-order valence-electron chi connectivity index (χ1n) is 10.5. The Balaban J connectivity index is 0.00000450. The lowest BCUT2D eigenvalue weighted by atomic mass is 10.0. The SMILES string of the molecule is CN=C(NCc1ccc(C(=O)N2CCNC(=O)C2)cc1)NC(C)CCCC(C)C.I. The van der Waals surface area contributed by atoms with Crippen LogP contribution in [0.1, 0.15) is 56.0 Å². The molecule has 1 aliphatic rings. The summed E-state index contributed by atoms with van der Waals surface area (Å²) in [5.41, 5.74) is 1.66. The molecule has 0 radical (unpaired) electrons. The second-order valence-electron chi connectivity index (χ2n) is 8.07. The van der Waals surface area contributed by atoms with Gasteiger partial charge in [-0.3, -0.25) is 14.6 Å². The number of aliphatic imine (C=N–C) groups is 1. The minimum atomic E-state index is -0.109. The molecule has 30 heavy (non-hydrogen) atoms. The van der Waals surface area contributed by atoms with Gasteiger partial charge < -0.3 is 20.9 Å². The summed E-state index contributed by atoms with van der Waals surface area (Å²) in [6, 6.07) is 7.86. The van der Waals surface area contributed by atoms with Crippen LogP contribution in [0.3, 0.4) is 0 Å². The summed E-state index contributed by atoms with van der Waals surface area (Å²) >= 11 is 0. The number of halogens is 1. The van der Waals surface area contributed by atoms with Crippen molar-refractivity contribution in [3.63, 3.8) is 0 Å². The van der Waals surface area contributed by atoms with Crippen molar-refractivity contribution >= 4 is 41.8 Å². The van der Waals surface area contributed by atoms with Gasteiger partial charge in [-0.1, -0.05) is 38.8 Å². The maximum atomic E-state index is 12.5. The van der Waals surface area contributed by atoms with Gasteiger partial charge in [0.1, 0.15) is 0 Å². The highest BCUT2D eigenvalue weighted by atomic mass is 127. The molecule has 1 saturated heterocycles. The predicted octanol–water partition coefficient (Wildman–Crippen LogP) is 2.76. The Morgan fingerprint density at radius 1 is 1.20 bits per heavy atom. The second-order valence-corrected chi connectivity index (χ2v) is 8.07. The van der Waals surface area contributed by atoms with E-state index in [0.717, 1.165) is 23.9 Å². The van der Waals surface area contributed by atoms with Crippen LogP contribution in [0.15, 0.2) is 29.3 Å². The maximum Gasteiger partial charge on any atom is 0.254 e. The van der Waals surface area contributed by atoms with E-state index < -0.39 is 0 Å². The third-order valence-corrected chi connectivity index (χ3v) is 5.01. The first-order valence-corrected chi connectivity index (χ1v) is 10.5. The van der Waals surface area contributed by atoms with Crippen LogP contribution in [0.5, 0.6) is 0 Å². The summed E-state index contributed by atoms with van der Waals surface area (Å²) in [5.74, 6) is 1.30. The van der Waals surface area contributed by atoms with E-state index in [1.807, 2.05) is 24.3 Å². The van der Waals surface area contributed by atoms with E-state index >= 15 is 0 Å².